The minimum absolute atomic E-state index is 0.106. The van der Waals surface area contributed by atoms with Gasteiger partial charge in [0.1, 0.15) is 17.5 Å². The first kappa shape index (κ1) is 21.9. The highest BCUT2D eigenvalue weighted by atomic mass is 16.6. The summed E-state index contributed by atoms with van der Waals surface area (Å²) in [7, 11) is 4.63. The molecular weight excluding hydrogens is 428 g/mol. The number of carbonyl (C=O) groups is 1. The molecule has 33 heavy (non-hydrogen) atoms. The van der Waals surface area contributed by atoms with Gasteiger partial charge in [0.25, 0.3) is 11.6 Å². The molecule has 0 aromatic heterocycles. The van der Waals surface area contributed by atoms with Crippen LogP contribution in [0.3, 0.4) is 0 Å². The molecular formula is C24H22N2O7. The van der Waals surface area contributed by atoms with Gasteiger partial charge in [-0.3, -0.25) is 19.8 Å². The minimum atomic E-state index is -0.837. The Kier molecular flexibility index (Phi) is 6.03. The second kappa shape index (κ2) is 9.07. The number of nitro benzene ring substituents is 1. The van der Waals surface area contributed by atoms with Crippen LogP contribution in [0.4, 0.5) is 11.4 Å². The van der Waals surface area contributed by atoms with E-state index in [1.54, 1.807) is 55.6 Å². The van der Waals surface area contributed by atoms with Crippen LogP contribution >= 0.6 is 0 Å². The van der Waals surface area contributed by atoms with Gasteiger partial charge in [-0.25, -0.2) is 0 Å². The van der Waals surface area contributed by atoms with Crippen molar-refractivity contribution in [3.8, 4) is 23.0 Å². The van der Waals surface area contributed by atoms with Crippen molar-refractivity contribution < 1.29 is 28.7 Å². The van der Waals surface area contributed by atoms with Crippen molar-refractivity contribution in [3.05, 3.63) is 82.4 Å². The van der Waals surface area contributed by atoms with Gasteiger partial charge in [0.2, 0.25) is 6.10 Å². The number of amides is 1. The van der Waals surface area contributed by atoms with Gasteiger partial charge in [-0.2, -0.15) is 0 Å². The second-order valence-electron chi connectivity index (χ2n) is 7.26. The Hall–Kier alpha value is -4.27. The van der Waals surface area contributed by atoms with Crippen LogP contribution in [-0.4, -0.2) is 38.3 Å². The standard InChI is InChI=1S/C24H22N2O7/c1-30-18-8-10-19(11-9-18)33-23-22(15-7-12-20(31-2)21(13-15)32-3)25(24(23)27)16-5-4-6-17(14-16)26(28)29/h4-14,22-23H,1-3H3/t22-,23-/m0/s1. The van der Waals surface area contributed by atoms with Gasteiger partial charge in [0.05, 0.1) is 31.9 Å². The Labute approximate surface area is 190 Å². The van der Waals surface area contributed by atoms with E-state index in [1.807, 2.05) is 6.07 Å². The molecule has 3 aromatic rings. The number of non-ortho nitro benzene ring substituents is 1. The first-order valence-corrected chi connectivity index (χ1v) is 10.1. The zero-order chi connectivity index (χ0) is 23.5. The Bertz CT molecular complexity index is 1180. The number of hydrogen-bond acceptors (Lipinski definition) is 7. The summed E-state index contributed by atoms with van der Waals surface area (Å²) in [5, 5.41) is 11.3. The van der Waals surface area contributed by atoms with Gasteiger partial charge < -0.3 is 18.9 Å². The number of nitrogens with zero attached hydrogens (tertiary/aromatic N) is 2. The smallest absolute Gasteiger partial charge is 0.271 e. The molecule has 0 aliphatic carbocycles. The maximum absolute atomic E-state index is 13.2. The topological polar surface area (TPSA) is 100 Å². The van der Waals surface area contributed by atoms with E-state index in [0.717, 1.165) is 5.56 Å². The lowest BCUT2D eigenvalue weighted by atomic mass is 9.89. The molecule has 1 aliphatic rings. The molecule has 0 radical (unpaired) electrons. The zero-order valence-corrected chi connectivity index (χ0v) is 18.3. The monoisotopic (exact) mass is 450 g/mol. The van der Waals surface area contributed by atoms with Crippen LogP contribution in [0.1, 0.15) is 11.6 Å². The number of anilines is 1. The van der Waals surface area contributed by atoms with E-state index in [1.165, 1.54) is 31.3 Å². The van der Waals surface area contributed by atoms with Crippen molar-refractivity contribution in [1.29, 1.82) is 0 Å². The van der Waals surface area contributed by atoms with Gasteiger partial charge in [-0.05, 0) is 48.0 Å². The van der Waals surface area contributed by atoms with Gasteiger partial charge in [-0.1, -0.05) is 12.1 Å². The lowest BCUT2D eigenvalue weighted by Gasteiger charge is -2.46. The van der Waals surface area contributed by atoms with Gasteiger partial charge in [0.15, 0.2) is 11.5 Å². The Morgan fingerprint density at radius 2 is 1.55 bits per heavy atom. The lowest BCUT2D eigenvalue weighted by molar-refractivity contribution is -0.384. The summed E-state index contributed by atoms with van der Waals surface area (Å²) in [6.45, 7) is 0. The van der Waals surface area contributed by atoms with E-state index in [2.05, 4.69) is 0 Å². The summed E-state index contributed by atoms with van der Waals surface area (Å²) in [5.74, 6) is 1.89. The molecule has 1 aliphatic heterocycles. The van der Waals surface area contributed by atoms with E-state index >= 15 is 0 Å². The Morgan fingerprint density at radius 1 is 0.848 bits per heavy atom. The van der Waals surface area contributed by atoms with E-state index in [4.69, 9.17) is 18.9 Å². The summed E-state index contributed by atoms with van der Waals surface area (Å²) >= 11 is 0. The maximum atomic E-state index is 13.2. The van der Waals surface area contributed by atoms with Gasteiger partial charge >= 0.3 is 0 Å². The fraction of sp³-hybridized carbons (Fsp3) is 0.208. The van der Waals surface area contributed by atoms with Crippen LogP contribution < -0.4 is 23.8 Å². The number of β-lactam (4-membered cyclic amide) rings is 1. The van der Waals surface area contributed by atoms with Crippen molar-refractivity contribution in [2.75, 3.05) is 26.2 Å². The fourth-order valence-electron chi connectivity index (χ4n) is 3.78. The van der Waals surface area contributed by atoms with E-state index in [0.29, 0.717) is 28.7 Å². The van der Waals surface area contributed by atoms with Crippen LogP contribution in [0.25, 0.3) is 0 Å². The van der Waals surface area contributed by atoms with Crippen molar-refractivity contribution in [2.45, 2.75) is 12.1 Å². The lowest BCUT2D eigenvalue weighted by Crippen LogP contribution is -2.61. The molecule has 0 spiro atoms. The fourth-order valence-corrected chi connectivity index (χ4v) is 3.78. The largest absolute Gasteiger partial charge is 0.497 e. The normalized spacial score (nSPS) is 17.2. The summed E-state index contributed by atoms with van der Waals surface area (Å²) in [4.78, 5) is 25.4. The number of methoxy groups -OCH3 is 3. The van der Waals surface area contributed by atoms with Crippen LogP contribution in [0.15, 0.2) is 66.7 Å². The second-order valence-corrected chi connectivity index (χ2v) is 7.26. The number of benzene rings is 3. The van der Waals surface area contributed by atoms with Crippen molar-refractivity contribution in [3.63, 3.8) is 0 Å². The quantitative estimate of drug-likeness (QED) is 0.289. The molecule has 3 aromatic carbocycles. The molecule has 2 atom stereocenters. The molecule has 9 heteroatoms. The third kappa shape index (κ3) is 4.12. The highest BCUT2D eigenvalue weighted by Gasteiger charge is 2.51. The average Bonchev–Trinajstić information content (AvgIpc) is 2.85. The molecule has 0 saturated carbocycles. The Balaban J connectivity index is 1.73. The van der Waals surface area contributed by atoms with Crippen LogP contribution in [-0.2, 0) is 4.79 Å². The summed E-state index contributed by atoms with van der Waals surface area (Å²) < 4.78 is 21.9. The third-order valence-corrected chi connectivity index (χ3v) is 5.44. The maximum Gasteiger partial charge on any atom is 0.271 e. The highest BCUT2D eigenvalue weighted by Crippen LogP contribution is 2.44. The van der Waals surface area contributed by atoms with Crippen molar-refractivity contribution in [2.24, 2.45) is 0 Å². The first-order valence-electron chi connectivity index (χ1n) is 10.1. The minimum Gasteiger partial charge on any atom is -0.497 e. The number of rotatable bonds is 8. The molecule has 1 heterocycles. The average molecular weight is 450 g/mol. The van der Waals surface area contributed by atoms with Crippen molar-refractivity contribution >= 4 is 17.3 Å². The third-order valence-electron chi connectivity index (χ3n) is 5.44. The first-order chi connectivity index (χ1) is 16.0. The number of hydrogen-bond donors (Lipinski definition) is 0. The summed E-state index contributed by atoms with van der Waals surface area (Å²) in [5.41, 5.74) is 1.03. The van der Waals surface area contributed by atoms with Gasteiger partial charge in [-0.15, -0.1) is 0 Å². The predicted octanol–water partition coefficient (Wildman–Crippen LogP) is 4.16. The predicted molar refractivity (Wildman–Crippen MR) is 120 cm³/mol. The number of nitro groups is 1. The molecule has 1 amide bonds. The molecule has 4 rings (SSSR count). The highest BCUT2D eigenvalue weighted by molar-refractivity contribution is 6.05. The molecule has 0 bridgehead atoms. The molecule has 9 nitrogen and oxygen atoms in total. The molecule has 0 N–H and O–H groups in total. The van der Waals surface area contributed by atoms with Crippen LogP contribution in [0.2, 0.25) is 0 Å². The summed E-state index contributed by atoms with van der Waals surface area (Å²) in [6.07, 6.45) is -0.837. The van der Waals surface area contributed by atoms with E-state index < -0.39 is 17.1 Å². The molecule has 170 valence electrons. The van der Waals surface area contributed by atoms with Crippen LogP contribution in [0, 0.1) is 10.1 Å². The molecule has 1 fully saturated rings. The Morgan fingerprint density at radius 3 is 2.18 bits per heavy atom. The number of ether oxygens (including phenoxy) is 4. The SMILES string of the molecule is COc1ccc(O[C@@H]2C(=O)N(c3cccc([N+](=O)[O-])c3)[C@H]2c2ccc(OC)c(OC)c2)cc1. The molecule has 0 unspecified atom stereocenters. The van der Waals surface area contributed by atoms with E-state index in [9.17, 15) is 14.9 Å². The van der Waals surface area contributed by atoms with Crippen LogP contribution in [0.5, 0.6) is 23.0 Å². The molecule has 1 saturated heterocycles. The number of carbonyl (C=O) groups excluding carboxylic acids is 1. The van der Waals surface area contributed by atoms with E-state index in [-0.39, 0.29) is 11.6 Å². The van der Waals surface area contributed by atoms with Gasteiger partial charge in [0, 0.05) is 12.1 Å². The summed E-state index contributed by atoms with van der Waals surface area (Å²) in [6, 6.07) is 17.6. The zero-order valence-electron chi connectivity index (χ0n) is 18.3. The van der Waals surface area contributed by atoms with Crippen molar-refractivity contribution in [1.82, 2.24) is 0 Å².